The molecule has 1 fully saturated rings. The number of fused-ring (bicyclic) bond motifs is 3. The average molecular weight is 475 g/mol. The van der Waals surface area contributed by atoms with Crippen molar-refractivity contribution in [1.82, 2.24) is 15.1 Å². The fourth-order valence-electron chi connectivity index (χ4n) is 5.07. The molecule has 1 atom stereocenters. The molecule has 0 radical (unpaired) electrons. The van der Waals surface area contributed by atoms with Crippen molar-refractivity contribution in [3.8, 4) is 11.1 Å². The Hall–Kier alpha value is -4.14. The number of aliphatic carboxylic acids is 1. The van der Waals surface area contributed by atoms with E-state index in [1.807, 2.05) is 36.4 Å². The van der Waals surface area contributed by atoms with Gasteiger partial charge in [-0.1, -0.05) is 48.5 Å². The summed E-state index contributed by atoms with van der Waals surface area (Å²) in [4.78, 5) is 38.2. The van der Waals surface area contributed by atoms with E-state index < -0.39 is 12.1 Å². The maximum absolute atomic E-state index is 12.9. The topological polar surface area (TPSA) is 125 Å². The number of aromatic amines is 1. The van der Waals surface area contributed by atoms with Crippen LogP contribution in [0, 0.1) is 0 Å². The molecule has 3 aromatic rings. The number of hydrogen-bond donors (Lipinski definition) is 3. The molecule has 0 bridgehead atoms. The Balaban J connectivity index is 1.22. The summed E-state index contributed by atoms with van der Waals surface area (Å²) in [6.45, 7) is 0.658. The van der Waals surface area contributed by atoms with Crippen LogP contribution in [0.2, 0.25) is 0 Å². The molecule has 0 saturated carbocycles. The van der Waals surface area contributed by atoms with Gasteiger partial charge in [0.05, 0.1) is 6.42 Å². The molecule has 0 spiro atoms. The highest BCUT2D eigenvalue weighted by Crippen LogP contribution is 2.44. The van der Waals surface area contributed by atoms with E-state index in [1.165, 1.54) is 6.07 Å². The molecule has 2 heterocycles. The molecule has 0 unspecified atom stereocenters. The second kappa shape index (κ2) is 9.61. The smallest absolute Gasteiger partial charge is 0.412 e. The maximum atomic E-state index is 12.9. The third-order valence-electron chi connectivity index (χ3n) is 6.68. The van der Waals surface area contributed by atoms with E-state index >= 15 is 0 Å². The van der Waals surface area contributed by atoms with Crippen molar-refractivity contribution < 1.29 is 24.2 Å². The number of ether oxygens (including phenoxy) is 1. The number of likely N-dealkylation sites (tertiary alicyclic amines) is 1. The summed E-state index contributed by atoms with van der Waals surface area (Å²) in [6, 6.07) is 17.3. The predicted molar refractivity (Wildman–Crippen MR) is 128 cm³/mol. The van der Waals surface area contributed by atoms with Crippen molar-refractivity contribution in [3.63, 3.8) is 0 Å². The first-order valence-electron chi connectivity index (χ1n) is 11.7. The highest BCUT2D eigenvalue weighted by molar-refractivity contribution is 5.94. The molecule has 1 aromatic heterocycles. The van der Waals surface area contributed by atoms with Crippen LogP contribution in [0.3, 0.4) is 0 Å². The molecule has 1 saturated heterocycles. The zero-order valence-electron chi connectivity index (χ0n) is 19.1. The number of nitrogens with zero attached hydrogens (tertiary/aromatic N) is 2. The van der Waals surface area contributed by atoms with Crippen LogP contribution in [0.4, 0.5) is 10.6 Å². The monoisotopic (exact) mass is 474 g/mol. The Morgan fingerprint density at radius 1 is 1.06 bits per heavy atom. The summed E-state index contributed by atoms with van der Waals surface area (Å²) in [5, 5.41) is 18.4. The van der Waals surface area contributed by atoms with Crippen LogP contribution >= 0.6 is 0 Å². The van der Waals surface area contributed by atoms with E-state index in [1.54, 1.807) is 4.90 Å². The Morgan fingerprint density at radius 2 is 1.74 bits per heavy atom. The van der Waals surface area contributed by atoms with E-state index in [0.29, 0.717) is 13.0 Å². The second-order valence-corrected chi connectivity index (χ2v) is 8.86. The Morgan fingerprint density at radius 3 is 2.43 bits per heavy atom. The van der Waals surface area contributed by atoms with Crippen molar-refractivity contribution in [1.29, 1.82) is 0 Å². The van der Waals surface area contributed by atoms with Crippen LogP contribution in [0.15, 0.2) is 54.6 Å². The van der Waals surface area contributed by atoms with E-state index in [4.69, 9.17) is 9.84 Å². The number of piperidine rings is 1. The van der Waals surface area contributed by atoms with Gasteiger partial charge in [0.2, 0.25) is 0 Å². The van der Waals surface area contributed by atoms with Gasteiger partial charge >= 0.3 is 12.1 Å². The first-order valence-corrected chi connectivity index (χ1v) is 11.7. The third-order valence-corrected chi connectivity index (χ3v) is 6.68. The van der Waals surface area contributed by atoms with E-state index in [-0.39, 0.29) is 42.4 Å². The molecular formula is C26H26N4O5. The minimum atomic E-state index is -0.933. The minimum Gasteiger partial charge on any atom is -0.481 e. The first-order chi connectivity index (χ1) is 17.0. The quantitative estimate of drug-likeness (QED) is 0.491. The van der Waals surface area contributed by atoms with Gasteiger partial charge in [-0.15, -0.1) is 0 Å². The van der Waals surface area contributed by atoms with Gasteiger partial charge in [-0.05, 0) is 41.5 Å². The number of carbonyl (C=O) groups excluding carboxylic acids is 2. The summed E-state index contributed by atoms with van der Waals surface area (Å²) in [6.07, 6.45) is 1.60. The lowest BCUT2D eigenvalue weighted by atomic mass is 9.98. The number of carbonyl (C=O) groups is 3. The molecule has 5 rings (SSSR count). The van der Waals surface area contributed by atoms with Gasteiger partial charge in [-0.2, -0.15) is 5.10 Å². The van der Waals surface area contributed by atoms with Crippen LogP contribution in [-0.2, 0) is 9.53 Å². The molecule has 1 aliphatic carbocycles. The lowest BCUT2D eigenvalue weighted by Gasteiger charge is -2.34. The molecule has 9 nitrogen and oxygen atoms in total. The number of carboxylic acid groups (broad SMARTS) is 1. The summed E-state index contributed by atoms with van der Waals surface area (Å²) >= 11 is 0. The molecule has 2 aromatic carbocycles. The molecular weight excluding hydrogens is 448 g/mol. The zero-order valence-corrected chi connectivity index (χ0v) is 19.1. The third kappa shape index (κ3) is 4.62. The number of hydrogen-bond acceptors (Lipinski definition) is 5. The first kappa shape index (κ1) is 22.6. The number of nitrogens with one attached hydrogen (secondary N) is 2. The van der Waals surface area contributed by atoms with Crippen molar-refractivity contribution in [2.24, 2.45) is 0 Å². The average Bonchev–Trinajstić information content (AvgIpc) is 3.45. The van der Waals surface area contributed by atoms with Crippen molar-refractivity contribution in [2.75, 3.05) is 18.5 Å². The number of carboxylic acids is 1. The Bertz CT molecular complexity index is 1220. The lowest BCUT2D eigenvalue weighted by Crippen LogP contribution is -2.44. The molecule has 2 amide bonds. The largest absolute Gasteiger partial charge is 0.481 e. The normalized spacial score (nSPS) is 16.9. The van der Waals surface area contributed by atoms with Gasteiger partial charge in [0.25, 0.3) is 5.91 Å². The summed E-state index contributed by atoms with van der Waals surface area (Å²) in [7, 11) is 0. The van der Waals surface area contributed by atoms with Gasteiger partial charge in [0, 0.05) is 24.6 Å². The van der Waals surface area contributed by atoms with Crippen LogP contribution in [0.5, 0.6) is 0 Å². The molecule has 9 heteroatoms. The fraction of sp³-hybridized carbons (Fsp3) is 0.308. The molecule has 35 heavy (non-hydrogen) atoms. The van der Waals surface area contributed by atoms with Crippen LogP contribution in [0.1, 0.15) is 53.2 Å². The van der Waals surface area contributed by atoms with Crippen LogP contribution < -0.4 is 5.32 Å². The molecule has 1 aliphatic heterocycles. The van der Waals surface area contributed by atoms with Crippen molar-refractivity contribution >= 4 is 23.8 Å². The number of amides is 2. The number of anilines is 1. The fourth-order valence-corrected chi connectivity index (χ4v) is 5.07. The summed E-state index contributed by atoms with van der Waals surface area (Å²) < 4.78 is 5.53. The zero-order chi connectivity index (χ0) is 24.4. The Labute approximate surface area is 202 Å². The van der Waals surface area contributed by atoms with Gasteiger partial charge in [-0.25, -0.2) is 4.79 Å². The van der Waals surface area contributed by atoms with Gasteiger partial charge < -0.3 is 14.7 Å². The maximum Gasteiger partial charge on any atom is 0.412 e. The van der Waals surface area contributed by atoms with E-state index in [2.05, 4.69) is 27.6 Å². The number of aromatic nitrogens is 2. The number of H-pyrrole nitrogens is 1. The number of rotatable bonds is 6. The highest BCUT2D eigenvalue weighted by atomic mass is 16.5. The van der Waals surface area contributed by atoms with E-state index in [0.717, 1.165) is 35.1 Å². The van der Waals surface area contributed by atoms with Crippen molar-refractivity contribution in [2.45, 2.75) is 37.6 Å². The standard InChI is InChI=1S/C26H26N4O5/c31-24(32)13-16-7-5-6-12-30(16)25(33)22-14-23(29-28-22)27-26(34)35-15-21-19-10-3-1-8-17(19)18-9-2-4-11-20(18)21/h1-4,8-11,14,16,21H,5-7,12-13,15H2,(H,31,32)(H2,27,28,29,34)/t16-/m1/s1. The molecule has 2 aliphatic rings. The highest BCUT2D eigenvalue weighted by Gasteiger charge is 2.31. The van der Waals surface area contributed by atoms with Gasteiger partial charge in [0.1, 0.15) is 12.3 Å². The number of benzene rings is 2. The van der Waals surface area contributed by atoms with Gasteiger partial charge in [-0.3, -0.25) is 20.0 Å². The predicted octanol–water partition coefficient (Wildman–Crippen LogP) is 4.24. The lowest BCUT2D eigenvalue weighted by molar-refractivity contribution is -0.138. The van der Waals surface area contributed by atoms with Crippen molar-refractivity contribution in [3.05, 3.63) is 71.4 Å². The Kier molecular flexibility index (Phi) is 6.22. The summed E-state index contributed by atoms with van der Waals surface area (Å²) in [5.41, 5.74) is 4.72. The summed E-state index contributed by atoms with van der Waals surface area (Å²) in [5.74, 6) is -1.16. The van der Waals surface area contributed by atoms with E-state index in [9.17, 15) is 14.4 Å². The van der Waals surface area contributed by atoms with Gasteiger partial charge in [0.15, 0.2) is 5.82 Å². The SMILES string of the molecule is O=C(O)C[C@H]1CCCCN1C(=O)c1cc(NC(=O)OCC2c3ccccc3-c3ccccc32)n[nH]1. The van der Waals surface area contributed by atoms with Crippen LogP contribution in [-0.4, -0.2) is 57.4 Å². The minimum absolute atomic E-state index is 0.0604. The van der Waals surface area contributed by atoms with Crippen LogP contribution in [0.25, 0.3) is 11.1 Å². The molecule has 3 N–H and O–H groups in total. The molecule has 180 valence electrons. The second-order valence-electron chi connectivity index (χ2n) is 8.86.